The number of halogens is 1. The minimum absolute atomic E-state index is 0.0184. The average Bonchev–Trinajstić information content (AvgIpc) is 3.65. The number of hydrogen-bond acceptors (Lipinski definition) is 2. The molecule has 5 nitrogen and oxygen atoms in total. The summed E-state index contributed by atoms with van der Waals surface area (Å²) in [5.41, 5.74) is 3.11. The molecule has 1 aromatic heterocycles. The van der Waals surface area contributed by atoms with Gasteiger partial charge in [0, 0.05) is 42.1 Å². The van der Waals surface area contributed by atoms with E-state index in [4.69, 9.17) is 0 Å². The molecule has 1 atom stereocenters. The molecule has 2 aromatic carbocycles. The van der Waals surface area contributed by atoms with E-state index in [2.05, 4.69) is 24.9 Å². The number of aromatic amines is 1. The SMILES string of the molecule is CCCCC(CC)C(=O)N(CC(=O)N(CCc1c[nH]c2ccccc12)Cc1ccc(F)cc1)C1CC1. The number of fused-ring (bicyclic) bond motifs is 1. The zero-order valence-corrected chi connectivity index (χ0v) is 21.5. The van der Waals surface area contributed by atoms with E-state index < -0.39 is 0 Å². The second-order valence-corrected chi connectivity index (χ2v) is 10.00. The van der Waals surface area contributed by atoms with Crippen LogP contribution in [0, 0.1) is 11.7 Å². The van der Waals surface area contributed by atoms with E-state index in [0.29, 0.717) is 19.5 Å². The Labute approximate surface area is 213 Å². The zero-order valence-electron chi connectivity index (χ0n) is 21.5. The smallest absolute Gasteiger partial charge is 0.242 e. The van der Waals surface area contributed by atoms with Crippen LogP contribution in [-0.2, 0) is 22.6 Å². The molecule has 0 bridgehead atoms. The van der Waals surface area contributed by atoms with Crippen LogP contribution in [0.3, 0.4) is 0 Å². The van der Waals surface area contributed by atoms with Crippen LogP contribution in [-0.4, -0.2) is 45.7 Å². The summed E-state index contributed by atoms with van der Waals surface area (Å²) >= 11 is 0. The highest BCUT2D eigenvalue weighted by Gasteiger charge is 2.37. The number of carbonyl (C=O) groups is 2. The molecule has 1 N–H and O–H groups in total. The van der Waals surface area contributed by atoms with Gasteiger partial charge >= 0.3 is 0 Å². The van der Waals surface area contributed by atoms with Crippen LogP contribution in [0.15, 0.2) is 54.7 Å². The molecule has 6 heteroatoms. The van der Waals surface area contributed by atoms with Gasteiger partial charge in [-0.2, -0.15) is 0 Å². The molecule has 0 saturated heterocycles. The summed E-state index contributed by atoms with van der Waals surface area (Å²) in [4.78, 5) is 34.0. The van der Waals surface area contributed by atoms with Gasteiger partial charge in [-0.15, -0.1) is 0 Å². The summed E-state index contributed by atoms with van der Waals surface area (Å²) in [7, 11) is 0. The third-order valence-electron chi connectivity index (χ3n) is 7.29. The molecular weight excluding hydrogens is 453 g/mol. The van der Waals surface area contributed by atoms with Crippen molar-refractivity contribution in [3.8, 4) is 0 Å². The van der Waals surface area contributed by atoms with Crippen molar-refractivity contribution in [2.75, 3.05) is 13.1 Å². The van der Waals surface area contributed by atoms with Crippen molar-refractivity contribution >= 4 is 22.7 Å². The summed E-state index contributed by atoms with van der Waals surface area (Å²) < 4.78 is 13.5. The summed E-state index contributed by atoms with van der Waals surface area (Å²) in [6.45, 7) is 5.23. The number of benzene rings is 2. The minimum Gasteiger partial charge on any atom is -0.361 e. The molecule has 0 radical (unpaired) electrons. The quantitative estimate of drug-likeness (QED) is 0.315. The third-order valence-corrected chi connectivity index (χ3v) is 7.29. The lowest BCUT2D eigenvalue weighted by Gasteiger charge is -2.30. The van der Waals surface area contributed by atoms with Gasteiger partial charge in [0.1, 0.15) is 12.4 Å². The lowest BCUT2D eigenvalue weighted by molar-refractivity contribution is -0.144. The second kappa shape index (κ2) is 12.2. The van der Waals surface area contributed by atoms with E-state index in [1.54, 1.807) is 12.1 Å². The maximum Gasteiger partial charge on any atom is 0.242 e. The van der Waals surface area contributed by atoms with E-state index in [0.717, 1.165) is 60.6 Å². The second-order valence-electron chi connectivity index (χ2n) is 10.00. The first-order valence-electron chi connectivity index (χ1n) is 13.4. The van der Waals surface area contributed by atoms with Gasteiger partial charge in [0.25, 0.3) is 0 Å². The molecule has 0 spiro atoms. The van der Waals surface area contributed by atoms with Crippen molar-refractivity contribution in [3.05, 3.63) is 71.7 Å². The summed E-state index contributed by atoms with van der Waals surface area (Å²) in [6.07, 6.45) is 8.41. The van der Waals surface area contributed by atoms with E-state index >= 15 is 0 Å². The van der Waals surface area contributed by atoms with Gasteiger partial charge in [-0.05, 0) is 61.4 Å². The fourth-order valence-electron chi connectivity index (χ4n) is 4.90. The lowest BCUT2D eigenvalue weighted by Crippen LogP contribution is -2.46. The maximum absolute atomic E-state index is 13.7. The standard InChI is InChI=1S/C30H38FN3O2/c1-3-5-8-23(4-2)30(36)34(26-15-16-26)21-29(35)33(20-22-11-13-25(31)14-12-22)18-17-24-19-32-28-10-7-6-9-27(24)28/h6-7,9-14,19,23,26,32H,3-5,8,15-18,20-21H2,1-2H3. The summed E-state index contributed by atoms with van der Waals surface area (Å²) in [5, 5.41) is 1.16. The van der Waals surface area contributed by atoms with Gasteiger partial charge in [0.15, 0.2) is 0 Å². The van der Waals surface area contributed by atoms with Crippen molar-refractivity contribution in [1.82, 2.24) is 14.8 Å². The molecule has 1 saturated carbocycles. The van der Waals surface area contributed by atoms with Crippen LogP contribution in [0.4, 0.5) is 4.39 Å². The van der Waals surface area contributed by atoms with Gasteiger partial charge in [-0.25, -0.2) is 4.39 Å². The van der Waals surface area contributed by atoms with Gasteiger partial charge < -0.3 is 14.8 Å². The van der Waals surface area contributed by atoms with Gasteiger partial charge in [-0.1, -0.05) is 57.0 Å². The highest BCUT2D eigenvalue weighted by atomic mass is 19.1. The van der Waals surface area contributed by atoms with Crippen molar-refractivity contribution in [2.24, 2.45) is 5.92 Å². The molecule has 1 heterocycles. The van der Waals surface area contributed by atoms with Gasteiger partial charge in [0.05, 0.1) is 0 Å². The Morgan fingerprint density at radius 3 is 2.53 bits per heavy atom. The molecule has 1 aliphatic rings. The summed E-state index contributed by atoms with van der Waals surface area (Å²) in [5.74, 6) is -0.237. The van der Waals surface area contributed by atoms with Crippen molar-refractivity contribution in [2.45, 2.75) is 71.4 Å². The van der Waals surface area contributed by atoms with Crippen LogP contribution in [0.2, 0.25) is 0 Å². The number of nitrogens with one attached hydrogen (secondary N) is 1. The normalized spacial score (nSPS) is 14.1. The topological polar surface area (TPSA) is 56.4 Å². The maximum atomic E-state index is 13.7. The predicted molar refractivity (Wildman–Crippen MR) is 142 cm³/mol. The third kappa shape index (κ3) is 6.54. The Kier molecular flexibility index (Phi) is 8.79. The largest absolute Gasteiger partial charge is 0.361 e. The number of H-pyrrole nitrogens is 1. The fourth-order valence-corrected chi connectivity index (χ4v) is 4.90. The molecule has 1 unspecified atom stereocenters. The van der Waals surface area contributed by atoms with Crippen LogP contribution >= 0.6 is 0 Å². The molecule has 192 valence electrons. The van der Waals surface area contributed by atoms with Crippen LogP contribution < -0.4 is 0 Å². The van der Waals surface area contributed by atoms with Gasteiger partial charge in [-0.3, -0.25) is 9.59 Å². The zero-order chi connectivity index (χ0) is 25.5. The Morgan fingerprint density at radius 2 is 1.83 bits per heavy atom. The first kappa shape index (κ1) is 25.9. The number of aromatic nitrogens is 1. The number of hydrogen-bond donors (Lipinski definition) is 1. The highest BCUT2D eigenvalue weighted by Crippen LogP contribution is 2.30. The lowest BCUT2D eigenvalue weighted by atomic mass is 9.97. The molecule has 3 aromatic rings. The van der Waals surface area contributed by atoms with Crippen LogP contribution in [0.1, 0.15) is 63.5 Å². The number of unbranched alkanes of at least 4 members (excludes halogenated alkanes) is 1. The van der Waals surface area contributed by atoms with Crippen LogP contribution in [0.25, 0.3) is 10.9 Å². The molecule has 36 heavy (non-hydrogen) atoms. The molecule has 2 amide bonds. The molecular formula is C30H38FN3O2. The molecule has 1 aliphatic carbocycles. The first-order valence-corrected chi connectivity index (χ1v) is 13.4. The predicted octanol–water partition coefficient (Wildman–Crippen LogP) is 6.09. The molecule has 0 aliphatic heterocycles. The Hall–Kier alpha value is -3.15. The Bertz CT molecular complexity index is 1150. The van der Waals surface area contributed by atoms with E-state index in [-0.39, 0.29) is 36.1 Å². The average molecular weight is 492 g/mol. The number of rotatable bonds is 13. The van der Waals surface area contributed by atoms with Crippen molar-refractivity contribution < 1.29 is 14.0 Å². The number of para-hydroxylation sites is 1. The van der Waals surface area contributed by atoms with Crippen molar-refractivity contribution in [3.63, 3.8) is 0 Å². The monoisotopic (exact) mass is 491 g/mol. The first-order chi connectivity index (χ1) is 17.5. The van der Waals surface area contributed by atoms with E-state index in [9.17, 15) is 14.0 Å². The van der Waals surface area contributed by atoms with Gasteiger partial charge in [0.2, 0.25) is 11.8 Å². The van der Waals surface area contributed by atoms with Crippen LogP contribution in [0.5, 0.6) is 0 Å². The number of amides is 2. The van der Waals surface area contributed by atoms with E-state index in [1.165, 1.54) is 12.1 Å². The number of carbonyl (C=O) groups excluding carboxylic acids is 2. The fraction of sp³-hybridized carbons (Fsp3) is 0.467. The number of nitrogens with zero attached hydrogens (tertiary/aromatic N) is 2. The Balaban J connectivity index is 1.50. The highest BCUT2D eigenvalue weighted by molar-refractivity contribution is 5.87. The van der Waals surface area contributed by atoms with E-state index in [1.807, 2.05) is 34.2 Å². The minimum atomic E-state index is -0.293. The van der Waals surface area contributed by atoms with Crippen molar-refractivity contribution in [1.29, 1.82) is 0 Å². The molecule has 4 rings (SSSR count). The molecule has 1 fully saturated rings. The Morgan fingerprint density at radius 1 is 1.08 bits per heavy atom. The summed E-state index contributed by atoms with van der Waals surface area (Å²) in [6, 6.07) is 14.6.